The van der Waals surface area contributed by atoms with E-state index in [1.54, 1.807) is 23.0 Å². The molecule has 2 saturated carbocycles. The molecule has 4 aliphatic rings. The van der Waals surface area contributed by atoms with Crippen LogP contribution in [0.15, 0.2) is 47.6 Å². The zero-order valence-electron chi connectivity index (χ0n) is 15.9. The molecule has 0 aromatic rings. The van der Waals surface area contributed by atoms with Gasteiger partial charge >= 0.3 is 26.2 Å². The van der Waals surface area contributed by atoms with Gasteiger partial charge in [-0.1, -0.05) is 38.5 Å². The third kappa shape index (κ3) is 6.01. The summed E-state index contributed by atoms with van der Waals surface area (Å²) in [4.78, 5) is 0. The standard InChI is InChI=1S/2C11H15.2HI.Zr/c2*1-8-7-10-5-3-4-6-11(10)9(8)2;;;/h2*3-4,6,8,10H,5,7H2,1-2H3;2*1H;/q2*-1;;;+4/p-2. The molecule has 0 aromatic carbocycles. The molecule has 0 N–H and O–H groups in total. The van der Waals surface area contributed by atoms with Crippen molar-refractivity contribution >= 4 is 0 Å². The van der Waals surface area contributed by atoms with Crippen molar-refractivity contribution < 1.29 is 74.2 Å². The van der Waals surface area contributed by atoms with Gasteiger partial charge in [-0.3, -0.25) is 0 Å². The summed E-state index contributed by atoms with van der Waals surface area (Å²) in [7, 11) is 0. The Balaban J connectivity index is 0.000000411. The van der Waals surface area contributed by atoms with Crippen LogP contribution in [-0.4, -0.2) is 0 Å². The Morgan fingerprint density at radius 1 is 0.760 bits per heavy atom. The predicted molar refractivity (Wildman–Crippen MR) is 96.1 cm³/mol. The second-order valence-electron chi connectivity index (χ2n) is 7.61. The monoisotopic (exact) mass is 638 g/mol. The number of rotatable bonds is 0. The predicted octanol–water partition coefficient (Wildman–Crippen LogP) is 0.252. The molecule has 4 aliphatic carbocycles. The van der Waals surface area contributed by atoms with E-state index in [1.807, 2.05) is 0 Å². The van der Waals surface area contributed by atoms with Gasteiger partial charge in [-0.2, -0.15) is 0 Å². The molecule has 0 aliphatic heterocycles. The number of hydrogen-bond acceptors (Lipinski definition) is 0. The van der Waals surface area contributed by atoms with E-state index in [4.69, 9.17) is 0 Å². The second-order valence-corrected chi connectivity index (χ2v) is 7.61. The van der Waals surface area contributed by atoms with Crippen LogP contribution in [0.3, 0.4) is 0 Å². The molecule has 0 radical (unpaired) electrons. The summed E-state index contributed by atoms with van der Waals surface area (Å²) in [6.45, 7) is 9.26. The van der Waals surface area contributed by atoms with Crippen LogP contribution in [0.1, 0.15) is 53.4 Å². The molecule has 2 fully saturated rings. The first-order valence-electron chi connectivity index (χ1n) is 8.99. The topological polar surface area (TPSA) is 0 Å². The summed E-state index contributed by atoms with van der Waals surface area (Å²) < 4.78 is 0. The maximum Gasteiger partial charge on any atom is 4.00 e. The summed E-state index contributed by atoms with van der Waals surface area (Å²) in [6, 6.07) is 0. The largest absolute Gasteiger partial charge is 4.00 e. The van der Waals surface area contributed by atoms with Crippen molar-refractivity contribution in [2.24, 2.45) is 23.7 Å². The average molecular weight is 640 g/mol. The fourth-order valence-electron chi connectivity index (χ4n) is 4.48. The van der Waals surface area contributed by atoms with Crippen LogP contribution in [0.25, 0.3) is 0 Å². The maximum atomic E-state index is 2.34. The Labute approximate surface area is 208 Å². The van der Waals surface area contributed by atoms with E-state index in [0.29, 0.717) is 0 Å². The van der Waals surface area contributed by atoms with Gasteiger partial charge in [0.15, 0.2) is 0 Å². The molecule has 0 spiro atoms. The fraction of sp³-hybridized carbons (Fsp3) is 0.545. The molecule has 0 saturated heterocycles. The van der Waals surface area contributed by atoms with Gasteiger partial charge in [0.05, 0.1) is 0 Å². The van der Waals surface area contributed by atoms with Crippen LogP contribution in [-0.2, 0) is 26.2 Å². The molecular weight excluding hydrogens is 609 g/mol. The van der Waals surface area contributed by atoms with E-state index in [9.17, 15) is 0 Å². The quantitative estimate of drug-likeness (QED) is 0.264. The van der Waals surface area contributed by atoms with Gasteiger partial charge in [-0.15, -0.1) is 38.2 Å². The SMILES string of the molecule is C[C-]1C2=CC=CCC2CC1C.C[C-]1C2=CC=CCC2CC1C.[I-].[I-].[Zr+4]. The van der Waals surface area contributed by atoms with Crippen LogP contribution in [0.4, 0.5) is 0 Å². The third-order valence-electron chi connectivity index (χ3n) is 6.21. The van der Waals surface area contributed by atoms with Gasteiger partial charge in [-0.25, -0.2) is 35.1 Å². The summed E-state index contributed by atoms with van der Waals surface area (Å²) in [5.74, 6) is 6.61. The van der Waals surface area contributed by atoms with Crippen molar-refractivity contribution in [2.45, 2.75) is 53.4 Å². The maximum absolute atomic E-state index is 2.34. The van der Waals surface area contributed by atoms with Gasteiger partial charge in [-0.05, 0) is 24.7 Å². The number of fused-ring (bicyclic) bond motifs is 2. The van der Waals surface area contributed by atoms with Gasteiger partial charge in [0.1, 0.15) is 0 Å². The fourth-order valence-corrected chi connectivity index (χ4v) is 4.48. The van der Waals surface area contributed by atoms with Crippen LogP contribution in [0.2, 0.25) is 0 Å². The smallest absolute Gasteiger partial charge is 1.00 e. The first-order chi connectivity index (χ1) is 10.6. The molecule has 0 amide bonds. The van der Waals surface area contributed by atoms with E-state index >= 15 is 0 Å². The molecule has 0 heterocycles. The molecule has 25 heavy (non-hydrogen) atoms. The Kier molecular flexibility index (Phi) is 12.3. The molecule has 0 bridgehead atoms. The normalized spacial score (nSPS) is 31.2. The van der Waals surface area contributed by atoms with Gasteiger partial charge in [0.2, 0.25) is 0 Å². The number of allylic oxidation sites excluding steroid dienone is 8. The van der Waals surface area contributed by atoms with Gasteiger partial charge in [0.25, 0.3) is 0 Å². The van der Waals surface area contributed by atoms with E-state index in [0.717, 1.165) is 23.7 Å². The van der Waals surface area contributed by atoms with Crippen LogP contribution in [0.5, 0.6) is 0 Å². The van der Waals surface area contributed by atoms with Crippen molar-refractivity contribution in [1.82, 2.24) is 0 Å². The zero-order valence-corrected chi connectivity index (χ0v) is 22.6. The van der Waals surface area contributed by atoms with Crippen molar-refractivity contribution in [3.05, 3.63) is 59.4 Å². The minimum absolute atomic E-state index is 0. The molecule has 3 heteroatoms. The zero-order chi connectivity index (χ0) is 15.7. The number of halogens is 2. The van der Waals surface area contributed by atoms with Crippen LogP contribution in [0, 0.1) is 35.5 Å². The molecule has 4 unspecified atom stereocenters. The van der Waals surface area contributed by atoms with Crippen molar-refractivity contribution in [3.63, 3.8) is 0 Å². The van der Waals surface area contributed by atoms with Crippen molar-refractivity contribution in [1.29, 1.82) is 0 Å². The Morgan fingerprint density at radius 2 is 1.12 bits per heavy atom. The Morgan fingerprint density at radius 3 is 1.44 bits per heavy atom. The first-order valence-corrected chi connectivity index (χ1v) is 8.99. The Bertz CT molecular complexity index is 476. The molecule has 4 rings (SSSR count). The van der Waals surface area contributed by atoms with Crippen molar-refractivity contribution in [3.8, 4) is 0 Å². The summed E-state index contributed by atoms with van der Waals surface area (Å²) in [6.07, 6.45) is 18.9. The van der Waals surface area contributed by atoms with Crippen LogP contribution >= 0.6 is 0 Å². The molecule has 0 aromatic heterocycles. The minimum Gasteiger partial charge on any atom is -1.00 e. The minimum atomic E-state index is 0. The molecule has 0 nitrogen and oxygen atoms in total. The Hall–Kier alpha value is 1.04. The summed E-state index contributed by atoms with van der Waals surface area (Å²) in [5, 5.41) is 0. The summed E-state index contributed by atoms with van der Waals surface area (Å²) in [5.41, 5.74) is 3.25. The van der Waals surface area contributed by atoms with E-state index in [-0.39, 0.29) is 74.2 Å². The number of hydrogen-bond donors (Lipinski definition) is 0. The van der Waals surface area contributed by atoms with E-state index in [2.05, 4.69) is 64.2 Å². The summed E-state index contributed by atoms with van der Waals surface area (Å²) >= 11 is 0. The van der Waals surface area contributed by atoms with E-state index < -0.39 is 0 Å². The molecule has 4 atom stereocenters. The van der Waals surface area contributed by atoms with Crippen molar-refractivity contribution in [2.75, 3.05) is 0 Å². The van der Waals surface area contributed by atoms with Crippen LogP contribution < -0.4 is 48.0 Å². The second kappa shape index (κ2) is 11.8. The van der Waals surface area contributed by atoms with Gasteiger partial charge < -0.3 is 48.0 Å². The van der Waals surface area contributed by atoms with Gasteiger partial charge in [0, 0.05) is 0 Å². The molecule has 136 valence electrons. The first kappa shape index (κ1) is 26.0. The average Bonchev–Trinajstić information content (AvgIpc) is 2.98. The molecular formula is C22H30I2Zr. The van der Waals surface area contributed by atoms with E-state index in [1.165, 1.54) is 25.7 Å². The third-order valence-corrected chi connectivity index (χ3v) is 6.21.